The van der Waals surface area contributed by atoms with Gasteiger partial charge in [0.2, 0.25) is 0 Å². The van der Waals surface area contributed by atoms with E-state index in [9.17, 15) is 10.1 Å². The molecule has 1 N–H and O–H groups in total. The Labute approximate surface area is 134 Å². The zero-order valence-corrected chi connectivity index (χ0v) is 13.2. The lowest BCUT2D eigenvalue weighted by atomic mass is 10.2. The third kappa shape index (κ3) is 3.62. The number of nitrogens with one attached hydrogen (secondary N) is 1. The summed E-state index contributed by atoms with van der Waals surface area (Å²) in [5, 5.41) is 14.9. The maximum Gasteiger partial charge on any atom is 0.270 e. The van der Waals surface area contributed by atoms with Gasteiger partial charge in [0.15, 0.2) is 0 Å². The number of halogens is 3. The minimum absolute atomic E-state index is 0.0291. The summed E-state index contributed by atoms with van der Waals surface area (Å²) in [6, 6.07) is 9.94. The van der Waals surface area contributed by atoms with E-state index in [1.807, 2.05) is 0 Å². The Morgan fingerprint density at radius 1 is 1.20 bits per heavy atom. The number of hydrogen-bond acceptors (Lipinski definition) is 3. The lowest BCUT2D eigenvalue weighted by Gasteiger charge is -2.10. The second-order valence-electron chi connectivity index (χ2n) is 4.02. The van der Waals surface area contributed by atoms with Gasteiger partial charge in [-0.1, -0.05) is 45.2 Å². The predicted molar refractivity (Wildman–Crippen MR) is 84.6 cm³/mol. The Hall–Kier alpha value is -1.30. The van der Waals surface area contributed by atoms with Gasteiger partial charge in [-0.3, -0.25) is 10.1 Å². The topological polar surface area (TPSA) is 55.2 Å². The minimum atomic E-state index is -0.434. The van der Waals surface area contributed by atoms with Crippen LogP contribution in [0.15, 0.2) is 40.9 Å². The van der Waals surface area contributed by atoms with Gasteiger partial charge in [-0.05, 0) is 23.8 Å². The number of non-ortho nitro benzene ring substituents is 1. The Kier molecular flexibility index (Phi) is 4.86. The number of nitro groups is 1. The third-order valence-corrected chi connectivity index (χ3v) is 3.67. The molecule has 0 unspecified atom stereocenters. The molecule has 7 heteroatoms. The smallest absolute Gasteiger partial charge is 0.270 e. The van der Waals surface area contributed by atoms with E-state index in [2.05, 4.69) is 21.2 Å². The standard InChI is InChI=1S/C13H9BrCl2N2O2/c14-9-4-8(5-10(6-9)18(19)20)7-17-13-11(15)2-1-3-12(13)16/h1-6,17H,7H2. The fourth-order valence-corrected chi connectivity index (χ4v) is 2.76. The van der Waals surface area contributed by atoms with E-state index in [1.165, 1.54) is 12.1 Å². The summed E-state index contributed by atoms with van der Waals surface area (Å²) in [6.07, 6.45) is 0. The van der Waals surface area contributed by atoms with Crippen molar-refractivity contribution in [2.24, 2.45) is 0 Å². The Morgan fingerprint density at radius 2 is 1.85 bits per heavy atom. The molecule has 0 fully saturated rings. The first-order valence-electron chi connectivity index (χ1n) is 5.59. The molecule has 0 aromatic heterocycles. The van der Waals surface area contributed by atoms with Crippen molar-refractivity contribution in [1.82, 2.24) is 0 Å². The minimum Gasteiger partial charge on any atom is -0.379 e. The molecule has 0 bridgehead atoms. The number of rotatable bonds is 4. The summed E-state index contributed by atoms with van der Waals surface area (Å²) >= 11 is 15.3. The van der Waals surface area contributed by atoms with Crippen LogP contribution in [0.3, 0.4) is 0 Å². The van der Waals surface area contributed by atoms with Gasteiger partial charge in [-0.2, -0.15) is 0 Å². The monoisotopic (exact) mass is 374 g/mol. The highest BCUT2D eigenvalue weighted by Crippen LogP contribution is 2.30. The summed E-state index contributed by atoms with van der Waals surface area (Å²) in [5.74, 6) is 0. The first-order chi connectivity index (χ1) is 9.47. The number of anilines is 1. The van der Waals surface area contributed by atoms with Crippen molar-refractivity contribution in [3.63, 3.8) is 0 Å². The lowest BCUT2D eigenvalue weighted by molar-refractivity contribution is -0.385. The first-order valence-corrected chi connectivity index (χ1v) is 7.14. The van der Waals surface area contributed by atoms with Crippen molar-refractivity contribution in [2.75, 3.05) is 5.32 Å². The molecule has 2 aromatic carbocycles. The molecule has 20 heavy (non-hydrogen) atoms. The summed E-state index contributed by atoms with van der Waals surface area (Å²) in [5.41, 5.74) is 1.39. The molecule has 0 amide bonds. The molecular formula is C13H9BrCl2N2O2. The molecule has 0 aliphatic heterocycles. The fraction of sp³-hybridized carbons (Fsp3) is 0.0769. The van der Waals surface area contributed by atoms with Gasteiger partial charge in [0.05, 0.1) is 20.7 Å². The van der Waals surface area contributed by atoms with Gasteiger partial charge >= 0.3 is 0 Å². The molecule has 104 valence electrons. The zero-order valence-electron chi connectivity index (χ0n) is 10.1. The van der Waals surface area contributed by atoms with E-state index in [-0.39, 0.29) is 5.69 Å². The average Bonchev–Trinajstić information content (AvgIpc) is 2.37. The van der Waals surface area contributed by atoms with Gasteiger partial charge in [0, 0.05) is 23.2 Å². The largest absolute Gasteiger partial charge is 0.379 e. The summed E-state index contributed by atoms with van der Waals surface area (Å²) in [6.45, 7) is 0.379. The maximum absolute atomic E-state index is 10.8. The second-order valence-corrected chi connectivity index (χ2v) is 5.76. The van der Waals surface area contributed by atoms with Crippen molar-refractivity contribution in [2.45, 2.75) is 6.54 Å². The highest BCUT2D eigenvalue weighted by atomic mass is 79.9. The average molecular weight is 376 g/mol. The maximum atomic E-state index is 10.8. The zero-order chi connectivity index (χ0) is 14.7. The van der Waals surface area contributed by atoms with Crippen LogP contribution in [0.4, 0.5) is 11.4 Å². The molecule has 0 heterocycles. The van der Waals surface area contributed by atoms with Crippen LogP contribution in [0.25, 0.3) is 0 Å². The van der Waals surface area contributed by atoms with Crippen LogP contribution < -0.4 is 5.32 Å². The fourth-order valence-electron chi connectivity index (χ4n) is 1.70. The number of hydrogen-bond donors (Lipinski definition) is 1. The molecule has 0 radical (unpaired) electrons. The van der Waals surface area contributed by atoms with Gasteiger partial charge < -0.3 is 5.32 Å². The van der Waals surface area contributed by atoms with Crippen LogP contribution >= 0.6 is 39.1 Å². The summed E-state index contributed by atoms with van der Waals surface area (Å²) < 4.78 is 0.647. The molecule has 0 atom stereocenters. The molecule has 0 saturated heterocycles. The van der Waals surface area contributed by atoms with Crippen LogP contribution in [-0.4, -0.2) is 4.92 Å². The van der Waals surface area contributed by atoms with Gasteiger partial charge in [-0.15, -0.1) is 0 Å². The van der Waals surface area contributed by atoms with E-state index >= 15 is 0 Å². The van der Waals surface area contributed by atoms with Gasteiger partial charge in [0.1, 0.15) is 0 Å². The Morgan fingerprint density at radius 3 is 2.45 bits per heavy atom. The predicted octanol–water partition coefficient (Wildman–Crippen LogP) is 5.28. The van der Waals surface area contributed by atoms with Crippen molar-refractivity contribution >= 4 is 50.5 Å². The highest BCUT2D eigenvalue weighted by Gasteiger charge is 2.10. The number of nitro benzene ring substituents is 1. The van der Waals surface area contributed by atoms with Gasteiger partial charge in [-0.25, -0.2) is 0 Å². The number of nitrogens with zero attached hydrogens (tertiary/aromatic N) is 1. The summed E-state index contributed by atoms with van der Waals surface area (Å²) in [7, 11) is 0. The normalized spacial score (nSPS) is 10.3. The summed E-state index contributed by atoms with van der Waals surface area (Å²) in [4.78, 5) is 10.4. The highest BCUT2D eigenvalue weighted by molar-refractivity contribution is 9.10. The Bertz CT molecular complexity index is 645. The number of para-hydroxylation sites is 1. The lowest BCUT2D eigenvalue weighted by Crippen LogP contribution is -2.01. The van der Waals surface area contributed by atoms with Crippen molar-refractivity contribution in [3.05, 3.63) is 66.6 Å². The van der Waals surface area contributed by atoms with E-state index in [4.69, 9.17) is 23.2 Å². The van der Waals surface area contributed by atoms with Crippen molar-refractivity contribution in [1.29, 1.82) is 0 Å². The van der Waals surface area contributed by atoms with E-state index in [1.54, 1.807) is 24.3 Å². The third-order valence-electron chi connectivity index (χ3n) is 2.59. The van der Waals surface area contributed by atoms with Gasteiger partial charge in [0.25, 0.3) is 5.69 Å². The van der Waals surface area contributed by atoms with E-state index in [0.717, 1.165) is 5.56 Å². The van der Waals surface area contributed by atoms with Crippen LogP contribution in [0.1, 0.15) is 5.56 Å². The van der Waals surface area contributed by atoms with Crippen molar-refractivity contribution in [3.8, 4) is 0 Å². The molecule has 0 aliphatic carbocycles. The first kappa shape index (κ1) is 15.1. The van der Waals surface area contributed by atoms with Crippen LogP contribution in [-0.2, 0) is 6.54 Å². The molecule has 0 aliphatic rings. The molecule has 2 aromatic rings. The SMILES string of the molecule is O=[N+]([O-])c1cc(Br)cc(CNc2c(Cl)cccc2Cl)c1. The van der Waals surface area contributed by atoms with Crippen LogP contribution in [0, 0.1) is 10.1 Å². The second kappa shape index (κ2) is 6.43. The van der Waals surface area contributed by atoms with E-state index < -0.39 is 4.92 Å². The number of benzene rings is 2. The molecule has 0 spiro atoms. The van der Waals surface area contributed by atoms with Crippen molar-refractivity contribution < 1.29 is 4.92 Å². The van der Waals surface area contributed by atoms with Crippen LogP contribution in [0.5, 0.6) is 0 Å². The quantitative estimate of drug-likeness (QED) is 0.584. The molecule has 0 saturated carbocycles. The molecule has 2 rings (SSSR count). The molecular weight excluding hydrogens is 367 g/mol. The van der Waals surface area contributed by atoms with Crippen LogP contribution in [0.2, 0.25) is 10.0 Å². The Balaban J connectivity index is 2.21. The van der Waals surface area contributed by atoms with E-state index in [0.29, 0.717) is 26.8 Å². The molecule has 4 nitrogen and oxygen atoms in total.